The van der Waals surface area contributed by atoms with Crippen LogP contribution in [-0.4, -0.2) is 11.7 Å². The van der Waals surface area contributed by atoms with E-state index >= 15 is 0 Å². The maximum absolute atomic E-state index is 12.6. The molecule has 0 aliphatic carbocycles. The molecule has 0 aromatic heterocycles. The number of nitrogen functional groups attached to an aromatic ring is 1. The smallest absolute Gasteiger partial charge is 0.226 e. The number of carbonyl (C=O) groups excluding carboxylic acids is 2. The van der Waals surface area contributed by atoms with Crippen LogP contribution in [0.25, 0.3) is 0 Å². The number of rotatable bonds is 5. The molecule has 0 aliphatic rings. The molecule has 20 heavy (non-hydrogen) atoms. The fourth-order valence-electron chi connectivity index (χ4n) is 1.66. The van der Waals surface area contributed by atoms with Crippen molar-refractivity contribution in [3.8, 4) is 0 Å². The van der Waals surface area contributed by atoms with Crippen LogP contribution in [0.1, 0.15) is 51.4 Å². The molecular formula is C16H24N2O2. The zero-order chi connectivity index (χ0) is 15.5. The average molecular weight is 276 g/mol. The van der Waals surface area contributed by atoms with Crippen molar-refractivity contribution in [1.29, 1.82) is 0 Å². The van der Waals surface area contributed by atoms with E-state index in [4.69, 9.17) is 5.73 Å². The molecule has 0 heterocycles. The summed E-state index contributed by atoms with van der Waals surface area (Å²) >= 11 is 0. The monoisotopic (exact) mass is 276 g/mol. The van der Waals surface area contributed by atoms with Crippen LogP contribution in [0.4, 0.5) is 11.4 Å². The van der Waals surface area contributed by atoms with Gasteiger partial charge in [0, 0.05) is 22.6 Å². The lowest BCUT2D eigenvalue weighted by Gasteiger charge is -2.23. The van der Waals surface area contributed by atoms with Gasteiger partial charge in [0.15, 0.2) is 5.78 Å². The zero-order valence-corrected chi connectivity index (χ0v) is 12.9. The average Bonchev–Trinajstić information content (AvgIpc) is 2.39. The summed E-state index contributed by atoms with van der Waals surface area (Å²) in [6, 6.07) is 5.01. The molecule has 3 N–H and O–H groups in total. The van der Waals surface area contributed by atoms with Crippen molar-refractivity contribution in [3.63, 3.8) is 0 Å². The Balaban J connectivity index is 3.21. The number of hydrogen-bond donors (Lipinski definition) is 2. The van der Waals surface area contributed by atoms with Crippen molar-refractivity contribution in [1.82, 2.24) is 0 Å². The Morgan fingerprint density at radius 1 is 1.30 bits per heavy atom. The summed E-state index contributed by atoms with van der Waals surface area (Å²) in [6.07, 6.45) is 0.720. The van der Waals surface area contributed by atoms with Crippen LogP contribution in [0.15, 0.2) is 18.2 Å². The minimum Gasteiger partial charge on any atom is -0.399 e. The molecule has 0 atom stereocenters. The number of amides is 1. The van der Waals surface area contributed by atoms with Gasteiger partial charge in [0.1, 0.15) is 0 Å². The molecule has 0 unspecified atom stereocenters. The molecule has 1 aromatic carbocycles. The van der Waals surface area contributed by atoms with E-state index < -0.39 is 5.41 Å². The van der Waals surface area contributed by atoms with E-state index in [1.54, 1.807) is 18.2 Å². The van der Waals surface area contributed by atoms with Gasteiger partial charge in [0.05, 0.1) is 5.69 Å². The van der Waals surface area contributed by atoms with E-state index in [1.165, 1.54) is 0 Å². The van der Waals surface area contributed by atoms with Gasteiger partial charge in [0.25, 0.3) is 0 Å². The molecule has 1 aromatic rings. The largest absolute Gasteiger partial charge is 0.399 e. The maximum Gasteiger partial charge on any atom is 0.226 e. The first-order valence-corrected chi connectivity index (χ1v) is 6.94. The summed E-state index contributed by atoms with van der Waals surface area (Å²) in [7, 11) is 0. The van der Waals surface area contributed by atoms with E-state index in [2.05, 4.69) is 5.32 Å². The highest BCUT2D eigenvalue weighted by Gasteiger charge is 2.29. The second kappa shape index (κ2) is 6.07. The van der Waals surface area contributed by atoms with Gasteiger partial charge < -0.3 is 11.1 Å². The molecular weight excluding hydrogens is 252 g/mol. The predicted molar refractivity (Wildman–Crippen MR) is 82.7 cm³/mol. The van der Waals surface area contributed by atoms with Gasteiger partial charge in [-0.05, 0) is 24.6 Å². The van der Waals surface area contributed by atoms with E-state index in [0.29, 0.717) is 16.9 Å². The van der Waals surface area contributed by atoms with Gasteiger partial charge in [-0.2, -0.15) is 0 Å². The first-order valence-electron chi connectivity index (χ1n) is 6.94. The lowest BCUT2D eigenvalue weighted by Crippen LogP contribution is -2.26. The van der Waals surface area contributed by atoms with Crippen LogP contribution in [0.3, 0.4) is 0 Å². The Hall–Kier alpha value is -1.84. The Morgan fingerprint density at radius 3 is 2.40 bits per heavy atom. The second-order valence-electron chi connectivity index (χ2n) is 6.02. The summed E-state index contributed by atoms with van der Waals surface area (Å²) in [5, 5.41) is 2.80. The Labute approximate surface area is 120 Å². The fraction of sp³-hybridized carbons (Fsp3) is 0.500. The van der Waals surface area contributed by atoms with Crippen LogP contribution in [0.5, 0.6) is 0 Å². The third kappa shape index (κ3) is 3.59. The van der Waals surface area contributed by atoms with Crippen molar-refractivity contribution in [2.75, 3.05) is 11.1 Å². The van der Waals surface area contributed by atoms with Crippen molar-refractivity contribution < 1.29 is 9.59 Å². The fourth-order valence-corrected chi connectivity index (χ4v) is 1.66. The van der Waals surface area contributed by atoms with Gasteiger partial charge in [-0.3, -0.25) is 9.59 Å². The van der Waals surface area contributed by atoms with Crippen LogP contribution in [0, 0.1) is 11.3 Å². The van der Waals surface area contributed by atoms with Gasteiger partial charge in [-0.1, -0.05) is 34.6 Å². The van der Waals surface area contributed by atoms with Gasteiger partial charge >= 0.3 is 0 Å². The van der Waals surface area contributed by atoms with Crippen LogP contribution >= 0.6 is 0 Å². The highest BCUT2D eigenvalue weighted by atomic mass is 16.2. The number of carbonyl (C=O) groups is 2. The van der Waals surface area contributed by atoms with Crippen molar-refractivity contribution >= 4 is 23.1 Å². The van der Waals surface area contributed by atoms with E-state index in [0.717, 1.165) is 6.42 Å². The molecule has 0 fully saturated rings. The van der Waals surface area contributed by atoms with Crippen LogP contribution in [-0.2, 0) is 4.79 Å². The zero-order valence-electron chi connectivity index (χ0n) is 12.9. The van der Waals surface area contributed by atoms with Gasteiger partial charge in [-0.15, -0.1) is 0 Å². The number of anilines is 2. The molecule has 0 radical (unpaired) electrons. The molecule has 0 saturated heterocycles. The molecule has 0 spiro atoms. The SMILES string of the molecule is CCC(C)(C)C(=O)c1cc(N)ccc1NC(=O)C(C)C. The number of Topliss-reactive ketones (excluding diaryl/α,β-unsaturated/α-hetero) is 1. The van der Waals surface area contributed by atoms with Crippen molar-refractivity contribution in [2.45, 2.75) is 41.0 Å². The maximum atomic E-state index is 12.6. The normalized spacial score (nSPS) is 11.5. The number of hydrogen-bond acceptors (Lipinski definition) is 3. The Kier molecular flexibility index (Phi) is 4.93. The minimum atomic E-state index is -0.481. The third-order valence-electron chi connectivity index (χ3n) is 3.57. The van der Waals surface area contributed by atoms with Crippen molar-refractivity contribution in [2.24, 2.45) is 11.3 Å². The third-order valence-corrected chi connectivity index (χ3v) is 3.57. The molecule has 1 rings (SSSR count). The molecule has 1 amide bonds. The molecule has 0 aliphatic heterocycles. The predicted octanol–water partition coefficient (Wildman–Crippen LogP) is 3.48. The van der Waals surface area contributed by atoms with E-state index in [1.807, 2.05) is 34.6 Å². The second-order valence-corrected chi connectivity index (χ2v) is 6.02. The highest BCUT2D eigenvalue weighted by molar-refractivity contribution is 6.08. The molecule has 110 valence electrons. The first-order chi connectivity index (χ1) is 9.19. The summed E-state index contributed by atoms with van der Waals surface area (Å²) in [5.41, 5.74) is 6.82. The Morgan fingerprint density at radius 2 is 1.90 bits per heavy atom. The topological polar surface area (TPSA) is 72.2 Å². The lowest BCUT2D eigenvalue weighted by atomic mass is 9.81. The van der Waals surface area contributed by atoms with E-state index in [-0.39, 0.29) is 17.6 Å². The van der Waals surface area contributed by atoms with Crippen LogP contribution in [0.2, 0.25) is 0 Å². The van der Waals surface area contributed by atoms with Crippen molar-refractivity contribution in [3.05, 3.63) is 23.8 Å². The molecule has 0 bridgehead atoms. The molecule has 4 nitrogen and oxygen atoms in total. The summed E-state index contributed by atoms with van der Waals surface area (Å²) < 4.78 is 0. The highest BCUT2D eigenvalue weighted by Crippen LogP contribution is 2.30. The summed E-state index contributed by atoms with van der Waals surface area (Å²) in [4.78, 5) is 24.5. The molecule has 4 heteroatoms. The number of nitrogens with one attached hydrogen (secondary N) is 1. The number of nitrogens with two attached hydrogens (primary N) is 1. The first kappa shape index (κ1) is 16.2. The standard InChI is InChI=1S/C16H24N2O2/c1-6-16(4,5)14(19)12-9-11(17)7-8-13(12)18-15(20)10(2)3/h7-10H,6,17H2,1-5H3,(H,18,20). The van der Waals surface area contributed by atoms with Crippen LogP contribution < -0.4 is 11.1 Å². The number of ketones is 1. The lowest BCUT2D eigenvalue weighted by molar-refractivity contribution is -0.118. The van der Waals surface area contributed by atoms with Gasteiger partial charge in [-0.25, -0.2) is 0 Å². The van der Waals surface area contributed by atoms with Gasteiger partial charge in [0.2, 0.25) is 5.91 Å². The summed E-state index contributed by atoms with van der Waals surface area (Å²) in [6.45, 7) is 9.38. The number of benzene rings is 1. The molecule has 0 saturated carbocycles. The summed E-state index contributed by atoms with van der Waals surface area (Å²) in [5.74, 6) is -0.265. The Bertz CT molecular complexity index is 519. The quantitative estimate of drug-likeness (QED) is 0.638. The van der Waals surface area contributed by atoms with E-state index in [9.17, 15) is 9.59 Å². The minimum absolute atomic E-state index is 0.00800.